The van der Waals surface area contributed by atoms with Crippen LogP contribution in [0.4, 0.5) is 0 Å². The van der Waals surface area contributed by atoms with Gasteiger partial charge in [-0.15, -0.1) is 0 Å². The summed E-state index contributed by atoms with van der Waals surface area (Å²) in [7, 11) is 1.56. The Morgan fingerprint density at radius 2 is 2.07 bits per heavy atom. The first-order chi connectivity index (χ1) is 6.99. The number of hydrogen-bond donors (Lipinski definition) is 1. The Bertz CT molecular complexity index is 394. The normalized spacial score (nSPS) is 10.4. The molecular weight excluding hydrogens is 192 g/mol. The minimum absolute atomic E-state index is 0.0486. The number of carbonyl (C=O) groups excluding carboxylic acids is 1. The zero-order valence-electron chi connectivity index (χ0n) is 9.55. The minimum atomic E-state index is -0.132. The summed E-state index contributed by atoms with van der Waals surface area (Å²) in [5, 5.41) is 9.89. The second kappa shape index (κ2) is 4.45. The standard InChI is InChI=1S/C12H16O3/c1-7-5-10(9(3)13)12(14)11(6-15-4)8(7)2/h5,14H,6H2,1-4H3. The van der Waals surface area contributed by atoms with Gasteiger partial charge in [0.1, 0.15) is 5.75 Å². The Hall–Kier alpha value is -1.35. The number of benzene rings is 1. The molecule has 0 aliphatic rings. The maximum absolute atomic E-state index is 11.3. The molecule has 82 valence electrons. The van der Waals surface area contributed by atoms with Gasteiger partial charge in [0.05, 0.1) is 12.2 Å². The van der Waals surface area contributed by atoms with Crippen molar-refractivity contribution in [2.24, 2.45) is 0 Å². The van der Waals surface area contributed by atoms with Gasteiger partial charge in [-0.05, 0) is 38.0 Å². The number of Topliss-reactive ketones (excluding diaryl/α,β-unsaturated/α-hetero) is 1. The summed E-state index contributed by atoms with van der Waals surface area (Å²) in [6.45, 7) is 5.59. The lowest BCUT2D eigenvalue weighted by molar-refractivity contribution is 0.101. The predicted octanol–water partition coefficient (Wildman–Crippen LogP) is 2.36. The lowest BCUT2D eigenvalue weighted by atomic mass is 9.97. The first-order valence-electron chi connectivity index (χ1n) is 4.81. The van der Waals surface area contributed by atoms with Gasteiger partial charge in [-0.1, -0.05) is 0 Å². The molecule has 3 nitrogen and oxygen atoms in total. The van der Waals surface area contributed by atoms with Crippen molar-refractivity contribution >= 4 is 5.78 Å². The van der Waals surface area contributed by atoms with Crippen LogP contribution in [0.15, 0.2) is 6.07 Å². The van der Waals surface area contributed by atoms with E-state index in [9.17, 15) is 9.90 Å². The molecule has 0 saturated carbocycles. The largest absolute Gasteiger partial charge is 0.507 e. The van der Waals surface area contributed by atoms with Crippen molar-refractivity contribution in [1.29, 1.82) is 0 Å². The molecule has 1 aromatic carbocycles. The average molecular weight is 208 g/mol. The highest BCUT2D eigenvalue weighted by Gasteiger charge is 2.15. The third-order valence-electron chi connectivity index (χ3n) is 2.61. The Labute approximate surface area is 89.7 Å². The first kappa shape index (κ1) is 11.7. The van der Waals surface area contributed by atoms with Gasteiger partial charge in [-0.2, -0.15) is 0 Å². The number of phenolic OH excluding ortho intramolecular Hbond substituents is 1. The fraction of sp³-hybridized carbons (Fsp3) is 0.417. The molecule has 1 aromatic rings. The molecule has 0 heterocycles. The van der Waals surface area contributed by atoms with E-state index in [1.54, 1.807) is 13.2 Å². The summed E-state index contributed by atoms with van der Waals surface area (Å²) in [5.41, 5.74) is 3.03. The molecule has 0 amide bonds. The molecule has 0 aliphatic carbocycles. The average Bonchev–Trinajstić information content (AvgIpc) is 2.18. The second-order valence-electron chi connectivity index (χ2n) is 3.68. The van der Waals surface area contributed by atoms with E-state index >= 15 is 0 Å². The predicted molar refractivity (Wildman–Crippen MR) is 58.3 cm³/mol. The van der Waals surface area contributed by atoms with Gasteiger partial charge < -0.3 is 9.84 Å². The smallest absolute Gasteiger partial charge is 0.163 e. The molecule has 0 saturated heterocycles. The Morgan fingerprint density at radius 3 is 2.53 bits per heavy atom. The maximum Gasteiger partial charge on any atom is 0.163 e. The molecule has 0 atom stereocenters. The topological polar surface area (TPSA) is 46.5 Å². The fourth-order valence-electron chi connectivity index (χ4n) is 1.56. The molecule has 0 unspecified atom stereocenters. The van der Waals surface area contributed by atoms with E-state index < -0.39 is 0 Å². The van der Waals surface area contributed by atoms with Crippen LogP contribution in [0.1, 0.15) is 34.0 Å². The number of ketones is 1. The van der Waals surface area contributed by atoms with E-state index in [1.807, 2.05) is 13.8 Å². The second-order valence-corrected chi connectivity index (χ2v) is 3.68. The SMILES string of the molecule is COCc1c(C)c(C)cc(C(C)=O)c1O. The van der Waals surface area contributed by atoms with Crippen LogP contribution in [0.3, 0.4) is 0 Å². The summed E-state index contributed by atoms with van der Waals surface area (Å²) >= 11 is 0. The third-order valence-corrected chi connectivity index (χ3v) is 2.61. The zero-order chi connectivity index (χ0) is 11.6. The molecular formula is C12H16O3. The van der Waals surface area contributed by atoms with Gasteiger partial charge in [-0.3, -0.25) is 4.79 Å². The van der Waals surface area contributed by atoms with Crippen molar-refractivity contribution in [3.05, 3.63) is 28.3 Å². The van der Waals surface area contributed by atoms with Gasteiger partial charge in [0, 0.05) is 12.7 Å². The van der Waals surface area contributed by atoms with E-state index in [1.165, 1.54) is 6.92 Å². The molecule has 15 heavy (non-hydrogen) atoms. The quantitative estimate of drug-likeness (QED) is 0.775. The summed E-state index contributed by atoms with van der Waals surface area (Å²) in [5.74, 6) is -0.0830. The molecule has 1 rings (SSSR count). The molecule has 0 fully saturated rings. The number of ether oxygens (including phenoxy) is 1. The highest BCUT2D eigenvalue weighted by Crippen LogP contribution is 2.29. The summed E-state index contributed by atoms with van der Waals surface area (Å²) in [6, 6.07) is 1.71. The van der Waals surface area contributed by atoms with Crippen molar-refractivity contribution in [1.82, 2.24) is 0 Å². The fourth-order valence-corrected chi connectivity index (χ4v) is 1.56. The Balaban J connectivity index is 3.41. The van der Waals surface area contributed by atoms with Crippen molar-refractivity contribution in [3.63, 3.8) is 0 Å². The molecule has 0 aliphatic heterocycles. The number of aromatic hydroxyl groups is 1. The summed E-state index contributed by atoms with van der Waals surface area (Å²) in [4.78, 5) is 11.3. The van der Waals surface area contributed by atoms with E-state index in [0.29, 0.717) is 17.7 Å². The van der Waals surface area contributed by atoms with Crippen LogP contribution >= 0.6 is 0 Å². The van der Waals surface area contributed by atoms with Crippen molar-refractivity contribution in [2.75, 3.05) is 7.11 Å². The third kappa shape index (κ3) is 2.18. The van der Waals surface area contributed by atoms with Crippen LogP contribution < -0.4 is 0 Å². The number of carbonyl (C=O) groups is 1. The lowest BCUT2D eigenvalue weighted by Gasteiger charge is -2.13. The first-order valence-corrected chi connectivity index (χ1v) is 4.81. The molecule has 0 radical (unpaired) electrons. The van der Waals surface area contributed by atoms with E-state index in [0.717, 1.165) is 11.1 Å². The molecule has 0 spiro atoms. The zero-order valence-corrected chi connectivity index (χ0v) is 9.55. The van der Waals surface area contributed by atoms with E-state index in [2.05, 4.69) is 0 Å². The highest BCUT2D eigenvalue weighted by atomic mass is 16.5. The maximum atomic E-state index is 11.3. The van der Waals surface area contributed by atoms with Crippen LogP contribution in [-0.4, -0.2) is 18.0 Å². The molecule has 1 N–H and O–H groups in total. The van der Waals surface area contributed by atoms with Crippen LogP contribution in [0.25, 0.3) is 0 Å². The monoisotopic (exact) mass is 208 g/mol. The van der Waals surface area contributed by atoms with Crippen LogP contribution in [0.2, 0.25) is 0 Å². The van der Waals surface area contributed by atoms with Crippen LogP contribution in [-0.2, 0) is 11.3 Å². The van der Waals surface area contributed by atoms with Crippen LogP contribution in [0, 0.1) is 13.8 Å². The van der Waals surface area contributed by atoms with Crippen molar-refractivity contribution in [2.45, 2.75) is 27.4 Å². The van der Waals surface area contributed by atoms with E-state index in [-0.39, 0.29) is 11.5 Å². The Morgan fingerprint density at radius 1 is 1.47 bits per heavy atom. The summed E-state index contributed by atoms with van der Waals surface area (Å²) in [6.07, 6.45) is 0. The van der Waals surface area contributed by atoms with Gasteiger partial charge in [0.15, 0.2) is 5.78 Å². The van der Waals surface area contributed by atoms with Crippen molar-refractivity contribution < 1.29 is 14.6 Å². The number of hydrogen-bond acceptors (Lipinski definition) is 3. The number of rotatable bonds is 3. The van der Waals surface area contributed by atoms with E-state index in [4.69, 9.17) is 4.74 Å². The van der Waals surface area contributed by atoms with Gasteiger partial charge in [-0.25, -0.2) is 0 Å². The molecule has 3 heteroatoms. The number of phenols is 1. The Kier molecular flexibility index (Phi) is 3.48. The van der Waals surface area contributed by atoms with Gasteiger partial charge in [0.2, 0.25) is 0 Å². The van der Waals surface area contributed by atoms with Crippen LogP contribution in [0.5, 0.6) is 5.75 Å². The number of methoxy groups -OCH3 is 1. The summed E-state index contributed by atoms with van der Waals surface area (Å²) < 4.78 is 5.01. The van der Waals surface area contributed by atoms with Gasteiger partial charge in [0.25, 0.3) is 0 Å². The molecule has 0 bridgehead atoms. The number of aryl methyl sites for hydroxylation is 1. The highest BCUT2D eigenvalue weighted by molar-refractivity contribution is 5.97. The molecule has 0 aromatic heterocycles. The van der Waals surface area contributed by atoms with Crippen molar-refractivity contribution in [3.8, 4) is 5.75 Å². The lowest BCUT2D eigenvalue weighted by Crippen LogP contribution is -2.02. The van der Waals surface area contributed by atoms with Gasteiger partial charge >= 0.3 is 0 Å². The minimum Gasteiger partial charge on any atom is -0.507 e.